The molecule has 5 aromatic rings. The summed E-state index contributed by atoms with van der Waals surface area (Å²) in [6, 6.07) is 21.6. The minimum atomic E-state index is -0.246. The van der Waals surface area contributed by atoms with Gasteiger partial charge in [-0.25, -0.2) is 14.4 Å². The molecule has 1 amide bonds. The Bertz CT molecular complexity index is 1440. The normalized spacial score (nSPS) is 11.0. The molecule has 0 saturated heterocycles. The topological polar surface area (TPSA) is 72.7 Å². The average molecular weight is 484 g/mol. The highest BCUT2D eigenvalue weighted by Crippen LogP contribution is 2.27. The average Bonchev–Trinajstić information content (AvgIpc) is 3.25. The maximum atomic E-state index is 13.2. The lowest BCUT2D eigenvalue weighted by atomic mass is 10.1. The number of rotatable bonds is 8. The fourth-order valence-electron chi connectivity index (χ4n) is 3.65. The van der Waals surface area contributed by atoms with Crippen molar-refractivity contribution in [1.29, 1.82) is 0 Å². The van der Waals surface area contributed by atoms with Crippen molar-refractivity contribution >= 4 is 28.8 Å². The van der Waals surface area contributed by atoms with Crippen LogP contribution in [0.4, 0.5) is 4.39 Å². The van der Waals surface area contributed by atoms with Crippen LogP contribution in [0.3, 0.4) is 0 Å². The Morgan fingerprint density at radius 1 is 0.914 bits per heavy atom. The van der Waals surface area contributed by atoms with Crippen LogP contribution in [0.5, 0.6) is 0 Å². The van der Waals surface area contributed by atoms with Crippen molar-refractivity contribution in [3.63, 3.8) is 0 Å². The van der Waals surface area contributed by atoms with Gasteiger partial charge in [0.2, 0.25) is 0 Å². The zero-order chi connectivity index (χ0) is 24.0. The van der Waals surface area contributed by atoms with Crippen LogP contribution >= 0.6 is 11.8 Å². The summed E-state index contributed by atoms with van der Waals surface area (Å²) in [6.07, 6.45) is 5.19. The molecule has 174 valence electrons. The van der Waals surface area contributed by atoms with E-state index in [0.29, 0.717) is 24.4 Å². The first-order chi connectivity index (χ1) is 17.2. The van der Waals surface area contributed by atoms with Crippen LogP contribution in [0.2, 0.25) is 0 Å². The number of aromatic nitrogens is 4. The highest BCUT2D eigenvalue weighted by atomic mass is 32.2. The van der Waals surface area contributed by atoms with Crippen molar-refractivity contribution in [2.75, 3.05) is 0 Å². The molecular weight excluding hydrogens is 461 g/mol. The number of pyridine rings is 2. The van der Waals surface area contributed by atoms with Crippen LogP contribution in [-0.4, -0.2) is 25.4 Å². The molecule has 8 heteroatoms. The van der Waals surface area contributed by atoms with E-state index < -0.39 is 0 Å². The van der Waals surface area contributed by atoms with E-state index in [-0.39, 0.29) is 11.7 Å². The summed E-state index contributed by atoms with van der Waals surface area (Å²) >= 11 is 1.58. The van der Waals surface area contributed by atoms with Gasteiger partial charge in [0, 0.05) is 36.5 Å². The number of fused-ring (bicyclic) bond motifs is 1. The van der Waals surface area contributed by atoms with Crippen molar-refractivity contribution in [1.82, 2.24) is 24.8 Å². The molecule has 3 heterocycles. The number of halogens is 1. The fourth-order valence-corrected chi connectivity index (χ4v) is 4.61. The van der Waals surface area contributed by atoms with Crippen molar-refractivity contribution in [2.24, 2.45) is 0 Å². The Morgan fingerprint density at radius 2 is 1.69 bits per heavy atom. The summed E-state index contributed by atoms with van der Waals surface area (Å²) in [6.45, 7) is 0.993. The minimum Gasteiger partial charge on any atom is -0.348 e. The lowest BCUT2D eigenvalue weighted by molar-refractivity contribution is 0.0951. The number of amides is 1. The van der Waals surface area contributed by atoms with E-state index in [9.17, 15) is 9.18 Å². The molecule has 0 aliphatic carbocycles. The van der Waals surface area contributed by atoms with E-state index >= 15 is 0 Å². The first-order valence-corrected chi connectivity index (χ1v) is 12.1. The van der Waals surface area contributed by atoms with Gasteiger partial charge in [-0.3, -0.25) is 14.3 Å². The fraction of sp³-hybridized carbons (Fsp3) is 0.111. The summed E-state index contributed by atoms with van der Waals surface area (Å²) in [5, 5.41) is 3.75. The standard InChI is InChI=1S/C27H22FN5OS/c28-23-11-7-20(8-12-23)18-35-27-32-24-4-2-14-30-25(24)33(27)17-19-5-9-22(10-6-19)26(34)31-16-21-3-1-13-29-15-21/h1-15H,16-18H2,(H,31,34). The lowest BCUT2D eigenvalue weighted by Gasteiger charge is -2.10. The molecule has 6 nitrogen and oxygen atoms in total. The number of hydrogen-bond donors (Lipinski definition) is 1. The molecule has 5 rings (SSSR count). The van der Waals surface area contributed by atoms with E-state index in [1.807, 2.05) is 48.5 Å². The molecule has 2 aromatic carbocycles. The summed E-state index contributed by atoms with van der Waals surface area (Å²) in [5.74, 6) is 0.287. The first-order valence-electron chi connectivity index (χ1n) is 11.1. The van der Waals surface area contributed by atoms with Gasteiger partial charge in [-0.1, -0.05) is 42.1 Å². The molecule has 0 aliphatic heterocycles. The molecule has 3 aromatic heterocycles. The van der Waals surface area contributed by atoms with Gasteiger partial charge in [0.15, 0.2) is 10.8 Å². The third-order valence-electron chi connectivity index (χ3n) is 5.48. The Hall–Kier alpha value is -4.04. The summed E-state index contributed by atoms with van der Waals surface area (Å²) in [7, 11) is 0. The van der Waals surface area contributed by atoms with E-state index in [2.05, 4.69) is 19.9 Å². The Kier molecular flexibility index (Phi) is 6.81. The molecule has 0 radical (unpaired) electrons. The molecule has 35 heavy (non-hydrogen) atoms. The van der Waals surface area contributed by atoms with Gasteiger partial charge in [0.25, 0.3) is 5.91 Å². The Labute approximate surface area is 206 Å². The maximum absolute atomic E-state index is 13.2. The molecule has 1 N–H and O–H groups in total. The van der Waals surface area contributed by atoms with Gasteiger partial charge >= 0.3 is 0 Å². The van der Waals surface area contributed by atoms with Crippen LogP contribution < -0.4 is 5.32 Å². The van der Waals surface area contributed by atoms with Gasteiger partial charge in [0.1, 0.15) is 11.3 Å². The minimum absolute atomic E-state index is 0.134. The third-order valence-corrected chi connectivity index (χ3v) is 6.53. The number of imidazole rings is 1. The summed E-state index contributed by atoms with van der Waals surface area (Å²) in [4.78, 5) is 25.9. The van der Waals surface area contributed by atoms with Gasteiger partial charge in [-0.05, 0) is 59.2 Å². The van der Waals surface area contributed by atoms with E-state index in [0.717, 1.165) is 33.0 Å². The number of benzene rings is 2. The van der Waals surface area contributed by atoms with Gasteiger partial charge in [-0.2, -0.15) is 0 Å². The number of carbonyl (C=O) groups excluding carboxylic acids is 1. The molecule has 0 atom stereocenters. The van der Waals surface area contributed by atoms with Crippen molar-refractivity contribution in [2.45, 2.75) is 24.0 Å². The summed E-state index contributed by atoms with van der Waals surface area (Å²) in [5.41, 5.74) is 5.21. The predicted octanol–water partition coefficient (Wildman–Crippen LogP) is 5.24. The largest absolute Gasteiger partial charge is 0.348 e. The monoisotopic (exact) mass is 483 g/mol. The number of hydrogen-bond acceptors (Lipinski definition) is 5. The van der Waals surface area contributed by atoms with Crippen LogP contribution in [0.15, 0.2) is 96.5 Å². The molecule has 0 aliphatic rings. The molecule has 0 bridgehead atoms. The zero-order valence-electron chi connectivity index (χ0n) is 18.8. The van der Waals surface area contributed by atoms with E-state index in [4.69, 9.17) is 4.98 Å². The van der Waals surface area contributed by atoms with Gasteiger partial charge in [-0.15, -0.1) is 0 Å². The summed E-state index contributed by atoms with van der Waals surface area (Å²) < 4.78 is 15.3. The Balaban J connectivity index is 1.30. The lowest BCUT2D eigenvalue weighted by Crippen LogP contribution is -2.22. The van der Waals surface area contributed by atoms with E-state index in [1.54, 1.807) is 42.5 Å². The first kappa shape index (κ1) is 22.7. The quantitative estimate of drug-likeness (QED) is 0.306. The van der Waals surface area contributed by atoms with Crippen LogP contribution in [0.1, 0.15) is 27.0 Å². The molecular formula is C27H22FN5OS. The highest BCUT2D eigenvalue weighted by Gasteiger charge is 2.14. The third kappa shape index (κ3) is 5.55. The van der Waals surface area contributed by atoms with E-state index in [1.165, 1.54) is 12.1 Å². The molecule has 0 spiro atoms. The van der Waals surface area contributed by atoms with Crippen molar-refractivity contribution < 1.29 is 9.18 Å². The maximum Gasteiger partial charge on any atom is 0.251 e. The Morgan fingerprint density at radius 3 is 2.46 bits per heavy atom. The second kappa shape index (κ2) is 10.5. The van der Waals surface area contributed by atoms with Crippen molar-refractivity contribution in [3.05, 3.63) is 119 Å². The number of nitrogens with zero attached hydrogens (tertiary/aromatic N) is 4. The second-order valence-electron chi connectivity index (χ2n) is 7.98. The van der Waals surface area contributed by atoms with Crippen molar-refractivity contribution in [3.8, 4) is 0 Å². The molecule has 0 saturated carbocycles. The van der Waals surface area contributed by atoms with Gasteiger partial charge < -0.3 is 5.32 Å². The van der Waals surface area contributed by atoms with Crippen LogP contribution in [0, 0.1) is 5.82 Å². The predicted molar refractivity (Wildman–Crippen MR) is 134 cm³/mol. The zero-order valence-corrected chi connectivity index (χ0v) is 19.6. The molecule has 0 fully saturated rings. The van der Waals surface area contributed by atoms with Crippen LogP contribution in [-0.2, 0) is 18.8 Å². The smallest absolute Gasteiger partial charge is 0.251 e. The number of thioether (sulfide) groups is 1. The highest BCUT2D eigenvalue weighted by molar-refractivity contribution is 7.98. The second-order valence-corrected chi connectivity index (χ2v) is 8.93. The number of nitrogens with one attached hydrogen (secondary N) is 1. The van der Waals surface area contributed by atoms with Gasteiger partial charge in [0.05, 0.1) is 6.54 Å². The molecule has 0 unspecified atom stereocenters. The SMILES string of the molecule is O=C(NCc1cccnc1)c1ccc(Cn2c(SCc3ccc(F)cc3)nc3cccnc32)cc1. The number of carbonyl (C=O) groups is 1. The van der Waals surface area contributed by atoms with Crippen LogP contribution in [0.25, 0.3) is 11.2 Å².